The number of amides is 1. The van der Waals surface area contributed by atoms with Crippen LogP contribution in [0.1, 0.15) is 46.5 Å². The van der Waals surface area contributed by atoms with Crippen molar-refractivity contribution < 1.29 is 9.53 Å². The molecule has 1 saturated carbocycles. The molecule has 3 heteroatoms. The lowest BCUT2D eigenvalue weighted by Crippen LogP contribution is -2.47. The normalized spacial score (nSPS) is 32.2. The second kappa shape index (κ2) is 5.94. The highest BCUT2D eigenvalue weighted by Gasteiger charge is 2.37. The molecular formula is C15H27NO2. The first-order chi connectivity index (χ1) is 8.58. The summed E-state index contributed by atoms with van der Waals surface area (Å²) in [5.41, 5.74) is 0. The number of carbonyl (C=O) groups is 1. The van der Waals surface area contributed by atoms with Crippen molar-refractivity contribution in [2.24, 2.45) is 23.7 Å². The molecule has 1 aliphatic heterocycles. The maximum atomic E-state index is 12.1. The number of piperidine rings is 1. The second-order valence-electron chi connectivity index (χ2n) is 6.54. The Kier molecular flexibility index (Phi) is 4.52. The molecular weight excluding hydrogens is 226 g/mol. The number of fused-ring (bicyclic) bond motifs is 2. The van der Waals surface area contributed by atoms with E-state index >= 15 is 0 Å². The lowest BCUT2D eigenvalue weighted by atomic mass is 9.78. The number of hydrogen-bond donors (Lipinski definition) is 0. The number of nitrogens with zero attached hydrogens (tertiary/aromatic N) is 1. The number of likely N-dealkylation sites (tertiary alicyclic amines) is 1. The molecule has 0 aromatic rings. The molecule has 2 atom stereocenters. The van der Waals surface area contributed by atoms with Crippen LogP contribution in [0, 0.1) is 23.7 Å². The minimum absolute atomic E-state index is 0.0903. The SMILES string of the molecule is CC(C)COC(=O)N1CC2CCCCC(C1)C2C. The van der Waals surface area contributed by atoms with Crippen molar-refractivity contribution in [2.75, 3.05) is 19.7 Å². The molecule has 2 unspecified atom stereocenters. The number of hydrogen-bond acceptors (Lipinski definition) is 2. The fourth-order valence-corrected chi connectivity index (χ4v) is 3.36. The maximum absolute atomic E-state index is 12.1. The Morgan fingerprint density at radius 1 is 1.22 bits per heavy atom. The van der Waals surface area contributed by atoms with Crippen molar-refractivity contribution in [1.29, 1.82) is 0 Å². The van der Waals surface area contributed by atoms with Gasteiger partial charge in [-0.15, -0.1) is 0 Å². The molecule has 3 nitrogen and oxygen atoms in total. The lowest BCUT2D eigenvalue weighted by molar-refractivity contribution is 0.0424. The highest BCUT2D eigenvalue weighted by Crippen LogP contribution is 2.38. The molecule has 1 saturated heterocycles. The van der Waals surface area contributed by atoms with Gasteiger partial charge in [-0.25, -0.2) is 4.79 Å². The molecule has 1 aliphatic carbocycles. The third-order valence-corrected chi connectivity index (χ3v) is 4.60. The van der Waals surface area contributed by atoms with Crippen LogP contribution in [0.5, 0.6) is 0 Å². The highest BCUT2D eigenvalue weighted by atomic mass is 16.6. The van der Waals surface area contributed by atoms with Gasteiger partial charge in [-0.05, 0) is 36.5 Å². The molecule has 2 fully saturated rings. The first-order valence-corrected chi connectivity index (χ1v) is 7.49. The van der Waals surface area contributed by atoms with E-state index in [2.05, 4.69) is 20.8 Å². The first-order valence-electron chi connectivity index (χ1n) is 7.49. The fourth-order valence-electron chi connectivity index (χ4n) is 3.36. The molecule has 1 heterocycles. The fraction of sp³-hybridized carbons (Fsp3) is 0.933. The van der Waals surface area contributed by atoms with Crippen LogP contribution in [0.2, 0.25) is 0 Å². The topological polar surface area (TPSA) is 29.5 Å². The van der Waals surface area contributed by atoms with Gasteiger partial charge in [0.05, 0.1) is 6.61 Å². The molecule has 1 amide bonds. The van der Waals surface area contributed by atoms with E-state index in [0.717, 1.165) is 19.0 Å². The average Bonchev–Trinajstić information content (AvgIpc) is 2.46. The largest absolute Gasteiger partial charge is 0.449 e. The third kappa shape index (κ3) is 3.18. The number of carbonyl (C=O) groups excluding carboxylic acids is 1. The van der Waals surface area contributed by atoms with Gasteiger partial charge < -0.3 is 9.64 Å². The van der Waals surface area contributed by atoms with Gasteiger partial charge in [-0.1, -0.05) is 33.6 Å². The lowest BCUT2D eigenvalue weighted by Gasteiger charge is -2.40. The van der Waals surface area contributed by atoms with Crippen LogP contribution in [-0.2, 0) is 4.74 Å². The van der Waals surface area contributed by atoms with Gasteiger partial charge in [-0.2, -0.15) is 0 Å². The van der Waals surface area contributed by atoms with Crippen LogP contribution < -0.4 is 0 Å². The van der Waals surface area contributed by atoms with Gasteiger partial charge in [0.25, 0.3) is 0 Å². The summed E-state index contributed by atoms with van der Waals surface area (Å²) in [6.07, 6.45) is 5.14. The van der Waals surface area contributed by atoms with E-state index in [1.54, 1.807) is 0 Å². The molecule has 0 aromatic carbocycles. The minimum Gasteiger partial charge on any atom is -0.449 e. The van der Waals surface area contributed by atoms with Gasteiger partial charge in [0, 0.05) is 13.1 Å². The van der Waals surface area contributed by atoms with Gasteiger partial charge in [0.15, 0.2) is 0 Å². The molecule has 0 spiro atoms. The van der Waals surface area contributed by atoms with E-state index in [4.69, 9.17) is 4.74 Å². The molecule has 2 rings (SSSR count). The Hall–Kier alpha value is -0.730. The van der Waals surface area contributed by atoms with Crippen LogP contribution in [0.4, 0.5) is 4.79 Å². The van der Waals surface area contributed by atoms with Crippen molar-refractivity contribution in [3.8, 4) is 0 Å². The van der Waals surface area contributed by atoms with Crippen LogP contribution in [0.25, 0.3) is 0 Å². The molecule has 0 radical (unpaired) electrons. The maximum Gasteiger partial charge on any atom is 0.409 e. The van der Waals surface area contributed by atoms with Gasteiger partial charge in [-0.3, -0.25) is 0 Å². The van der Waals surface area contributed by atoms with Crippen molar-refractivity contribution >= 4 is 6.09 Å². The summed E-state index contributed by atoms with van der Waals surface area (Å²) in [6.45, 7) is 8.89. The van der Waals surface area contributed by atoms with Crippen molar-refractivity contribution in [3.05, 3.63) is 0 Å². The third-order valence-electron chi connectivity index (χ3n) is 4.60. The van der Waals surface area contributed by atoms with Crippen LogP contribution in [-0.4, -0.2) is 30.7 Å². The zero-order chi connectivity index (χ0) is 13.1. The summed E-state index contributed by atoms with van der Waals surface area (Å²) in [6, 6.07) is 0. The van der Waals surface area contributed by atoms with Crippen molar-refractivity contribution in [2.45, 2.75) is 46.5 Å². The minimum atomic E-state index is -0.0903. The molecule has 0 N–H and O–H groups in total. The van der Waals surface area contributed by atoms with Crippen molar-refractivity contribution in [1.82, 2.24) is 4.90 Å². The van der Waals surface area contributed by atoms with E-state index in [1.165, 1.54) is 25.7 Å². The van der Waals surface area contributed by atoms with Crippen LogP contribution >= 0.6 is 0 Å². The van der Waals surface area contributed by atoms with E-state index in [9.17, 15) is 4.79 Å². The zero-order valence-corrected chi connectivity index (χ0v) is 12.0. The Bertz CT molecular complexity index is 274. The summed E-state index contributed by atoms with van der Waals surface area (Å²) in [7, 11) is 0. The predicted molar refractivity (Wildman–Crippen MR) is 72.4 cm³/mol. The molecule has 104 valence electrons. The second-order valence-corrected chi connectivity index (χ2v) is 6.54. The van der Waals surface area contributed by atoms with E-state index in [-0.39, 0.29) is 6.09 Å². The highest BCUT2D eigenvalue weighted by molar-refractivity contribution is 5.67. The smallest absolute Gasteiger partial charge is 0.409 e. The van der Waals surface area contributed by atoms with E-state index in [0.29, 0.717) is 24.4 Å². The summed E-state index contributed by atoms with van der Waals surface area (Å²) in [5, 5.41) is 0. The molecule has 0 aromatic heterocycles. The van der Waals surface area contributed by atoms with E-state index in [1.807, 2.05) is 4.90 Å². The van der Waals surface area contributed by atoms with Crippen LogP contribution in [0.15, 0.2) is 0 Å². The zero-order valence-electron chi connectivity index (χ0n) is 12.0. The van der Waals surface area contributed by atoms with E-state index < -0.39 is 0 Å². The quantitative estimate of drug-likeness (QED) is 0.753. The predicted octanol–water partition coefficient (Wildman–Crippen LogP) is 3.54. The van der Waals surface area contributed by atoms with Gasteiger partial charge in [0.1, 0.15) is 0 Å². The summed E-state index contributed by atoms with van der Waals surface area (Å²) in [5.74, 6) is 2.58. The average molecular weight is 253 g/mol. The number of rotatable bonds is 2. The molecule has 2 bridgehead atoms. The Labute approximate surface area is 111 Å². The Morgan fingerprint density at radius 2 is 1.78 bits per heavy atom. The number of ether oxygens (including phenoxy) is 1. The standard InChI is InChI=1S/C15H27NO2/c1-11(2)10-18-15(17)16-8-13-6-4-5-7-14(9-16)12(13)3/h11-14H,4-10H2,1-3H3. The summed E-state index contributed by atoms with van der Waals surface area (Å²) >= 11 is 0. The first kappa shape index (κ1) is 13.7. The Morgan fingerprint density at radius 3 is 2.28 bits per heavy atom. The Balaban J connectivity index is 1.93. The molecule has 18 heavy (non-hydrogen) atoms. The van der Waals surface area contributed by atoms with Crippen molar-refractivity contribution in [3.63, 3.8) is 0 Å². The monoisotopic (exact) mass is 253 g/mol. The summed E-state index contributed by atoms with van der Waals surface area (Å²) < 4.78 is 5.37. The summed E-state index contributed by atoms with van der Waals surface area (Å²) in [4.78, 5) is 14.0. The van der Waals surface area contributed by atoms with Crippen LogP contribution in [0.3, 0.4) is 0 Å². The van der Waals surface area contributed by atoms with Gasteiger partial charge >= 0.3 is 6.09 Å². The van der Waals surface area contributed by atoms with Gasteiger partial charge in [0.2, 0.25) is 0 Å². The molecule has 2 aliphatic rings.